The van der Waals surface area contributed by atoms with Gasteiger partial charge >= 0.3 is 0 Å². The predicted octanol–water partition coefficient (Wildman–Crippen LogP) is 1.95. The Hall–Kier alpha value is -0.0400. The molecule has 0 aromatic carbocycles. The molecule has 0 aromatic rings. The topological polar surface area (TPSA) is 36.9 Å². The molecule has 0 atom stereocenters. The number of rotatable bonds is 2. The highest BCUT2D eigenvalue weighted by Crippen LogP contribution is 2.25. The van der Waals surface area contributed by atoms with Gasteiger partial charge < -0.3 is 15.0 Å². The second-order valence-electron chi connectivity index (χ2n) is 5.87. The maximum atomic E-state index is 5.27. The van der Waals surface area contributed by atoms with Crippen molar-refractivity contribution >= 4 is 29.9 Å². The summed E-state index contributed by atoms with van der Waals surface area (Å²) in [6.07, 6.45) is 2.56. The Labute approximate surface area is 128 Å². The van der Waals surface area contributed by atoms with Crippen molar-refractivity contribution in [1.82, 2.24) is 10.2 Å². The number of ether oxygens (including phenoxy) is 1. The molecule has 0 saturated carbocycles. The highest BCUT2D eigenvalue weighted by molar-refractivity contribution is 14.0. The first-order valence-corrected chi connectivity index (χ1v) is 6.66. The van der Waals surface area contributed by atoms with Crippen LogP contribution in [0.1, 0.15) is 26.7 Å². The molecule has 0 radical (unpaired) electrons. The van der Waals surface area contributed by atoms with Crippen molar-refractivity contribution in [2.75, 3.05) is 39.9 Å². The van der Waals surface area contributed by atoms with E-state index in [1.165, 1.54) is 12.8 Å². The standard InChI is InChI=1S/C13H25N3O.HI/c1-11-4-6-16(7-5-11)12(14-3)15-8-13(2)9-17-10-13;/h11H,4-10H2,1-3H3,(H,14,15);1H. The Morgan fingerprint density at radius 2 is 2.00 bits per heavy atom. The maximum absolute atomic E-state index is 5.27. The molecule has 2 saturated heterocycles. The fourth-order valence-electron chi connectivity index (χ4n) is 2.40. The van der Waals surface area contributed by atoms with Crippen LogP contribution in [0.4, 0.5) is 0 Å². The molecule has 5 heteroatoms. The molecular formula is C13H26IN3O. The molecule has 4 nitrogen and oxygen atoms in total. The van der Waals surface area contributed by atoms with Crippen LogP contribution in [-0.4, -0.2) is 50.8 Å². The van der Waals surface area contributed by atoms with E-state index in [9.17, 15) is 0 Å². The number of hydrogen-bond acceptors (Lipinski definition) is 2. The van der Waals surface area contributed by atoms with Crippen molar-refractivity contribution in [1.29, 1.82) is 0 Å². The highest BCUT2D eigenvalue weighted by atomic mass is 127. The summed E-state index contributed by atoms with van der Waals surface area (Å²) in [5, 5.41) is 3.49. The summed E-state index contributed by atoms with van der Waals surface area (Å²) >= 11 is 0. The van der Waals surface area contributed by atoms with Gasteiger partial charge in [-0.3, -0.25) is 4.99 Å². The van der Waals surface area contributed by atoms with Crippen LogP contribution in [0.2, 0.25) is 0 Å². The lowest BCUT2D eigenvalue weighted by Gasteiger charge is -2.40. The van der Waals surface area contributed by atoms with Crippen LogP contribution < -0.4 is 5.32 Å². The molecule has 1 N–H and O–H groups in total. The summed E-state index contributed by atoms with van der Waals surface area (Å²) in [7, 11) is 1.87. The van der Waals surface area contributed by atoms with Crippen molar-refractivity contribution in [3.8, 4) is 0 Å². The Bertz CT molecular complexity index is 284. The van der Waals surface area contributed by atoms with Gasteiger partial charge in [0, 0.05) is 32.1 Å². The lowest BCUT2D eigenvalue weighted by Crippen LogP contribution is -2.53. The Kier molecular flexibility index (Phi) is 6.17. The number of nitrogens with zero attached hydrogens (tertiary/aromatic N) is 2. The van der Waals surface area contributed by atoms with Gasteiger partial charge in [0.15, 0.2) is 5.96 Å². The molecule has 0 bridgehead atoms. The van der Waals surface area contributed by atoms with Crippen molar-refractivity contribution in [2.45, 2.75) is 26.7 Å². The largest absolute Gasteiger partial charge is 0.380 e. The van der Waals surface area contributed by atoms with E-state index in [-0.39, 0.29) is 24.0 Å². The van der Waals surface area contributed by atoms with Crippen LogP contribution in [0, 0.1) is 11.3 Å². The van der Waals surface area contributed by atoms with E-state index in [1.54, 1.807) is 0 Å². The molecule has 2 aliphatic rings. The first kappa shape index (κ1) is 16.0. The summed E-state index contributed by atoms with van der Waals surface area (Å²) in [4.78, 5) is 6.77. The lowest BCUT2D eigenvalue weighted by molar-refractivity contribution is -0.0973. The number of aliphatic imine (C=N–C) groups is 1. The summed E-state index contributed by atoms with van der Waals surface area (Å²) in [5.41, 5.74) is 0.305. The zero-order valence-electron chi connectivity index (χ0n) is 11.7. The fourth-order valence-corrected chi connectivity index (χ4v) is 2.40. The Morgan fingerprint density at radius 1 is 1.39 bits per heavy atom. The van der Waals surface area contributed by atoms with E-state index >= 15 is 0 Å². The SMILES string of the molecule is CN=C(NCC1(C)COC1)N1CCC(C)CC1.I. The lowest BCUT2D eigenvalue weighted by atomic mass is 9.89. The minimum Gasteiger partial charge on any atom is -0.380 e. The summed E-state index contributed by atoms with van der Waals surface area (Å²) in [6.45, 7) is 9.56. The Balaban J connectivity index is 0.00000162. The van der Waals surface area contributed by atoms with Gasteiger partial charge in [0.1, 0.15) is 0 Å². The summed E-state index contributed by atoms with van der Waals surface area (Å²) in [6, 6.07) is 0. The molecule has 18 heavy (non-hydrogen) atoms. The third kappa shape index (κ3) is 3.98. The molecule has 0 unspecified atom stereocenters. The van der Waals surface area contributed by atoms with Crippen molar-refractivity contribution < 1.29 is 4.74 Å². The monoisotopic (exact) mass is 367 g/mol. The molecule has 0 aliphatic carbocycles. The zero-order valence-corrected chi connectivity index (χ0v) is 14.1. The van der Waals surface area contributed by atoms with Crippen LogP contribution in [-0.2, 0) is 4.74 Å². The van der Waals surface area contributed by atoms with Gasteiger partial charge in [-0.2, -0.15) is 0 Å². The van der Waals surface area contributed by atoms with E-state index in [4.69, 9.17) is 4.74 Å². The molecule has 2 rings (SSSR count). The van der Waals surface area contributed by atoms with Crippen LogP contribution >= 0.6 is 24.0 Å². The van der Waals surface area contributed by atoms with Gasteiger partial charge in [-0.05, 0) is 18.8 Å². The number of piperidine rings is 1. The van der Waals surface area contributed by atoms with Crippen LogP contribution in [0.15, 0.2) is 4.99 Å². The average molecular weight is 367 g/mol. The third-order valence-electron chi connectivity index (χ3n) is 3.87. The third-order valence-corrected chi connectivity index (χ3v) is 3.87. The van der Waals surface area contributed by atoms with Gasteiger partial charge in [0.05, 0.1) is 13.2 Å². The predicted molar refractivity (Wildman–Crippen MR) is 85.7 cm³/mol. The quantitative estimate of drug-likeness (QED) is 0.461. The molecule has 2 heterocycles. The molecule has 0 spiro atoms. The molecule has 106 valence electrons. The molecule has 0 amide bonds. The smallest absolute Gasteiger partial charge is 0.193 e. The highest BCUT2D eigenvalue weighted by Gasteiger charge is 2.33. The number of guanidine groups is 1. The van der Waals surface area contributed by atoms with E-state index in [1.807, 2.05) is 7.05 Å². The number of likely N-dealkylation sites (tertiary alicyclic amines) is 1. The zero-order chi connectivity index (χ0) is 12.3. The summed E-state index contributed by atoms with van der Waals surface area (Å²) < 4.78 is 5.27. The van der Waals surface area contributed by atoms with Gasteiger partial charge in [-0.1, -0.05) is 13.8 Å². The summed E-state index contributed by atoms with van der Waals surface area (Å²) in [5.74, 6) is 1.92. The molecule has 0 aromatic heterocycles. The van der Waals surface area contributed by atoms with E-state index in [2.05, 4.69) is 29.1 Å². The van der Waals surface area contributed by atoms with Crippen LogP contribution in [0.25, 0.3) is 0 Å². The normalized spacial score (nSPS) is 24.2. The van der Waals surface area contributed by atoms with Crippen LogP contribution in [0.3, 0.4) is 0 Å². The average Bonchev–Trinajstić information content (AvgIpc) is 2.30. The second-order valence-corrected chi connectivity index (χ2v) is 5.87. The van der Waals surface area contributed by atoms with Gasteiger partial charge in [0.2, 0.25) is 0 Å². The first-order chi connectivity index (χ1) is 8.13. The van der Waals surface area contributed by atoms with E-state index in [0.717, 1.165) is 44.7 Å². The Morgan fingerprint density at radius 3 is 2.44 bits per heavy atom. The molecule has 2 aliphatic heterocycles. The van der Waals surface area contributed by atoms with E-state index in [0.29, 0.717) is 5.41 Å². The van der Waals surface area contributed by atoms with Crippen LogP contribution in [0.5, 0.6) is 0 Å². The first-order valence-electron chi connectivity index (χ1n) is 6.66. The van der Waals surface area contributed by atoms with Gasteiger partial charge in [0.25, 0.3) is 0 Å². The van der Waals surface area contributed by atoms with Crippen molar-refractivity contribution in [3.05, 3.63) is 0 Å². The van der Waals surface area contributed by atoms with Crippen molar-refractivity contribution in [3.63, 3.8) is 0 Å². The fraction of sp³-hybridized carbons (Fsp3) is 0.923. The van der Waals surface area contributed by atoms with E-state index < -0.39 is 0 Å². The molecule has 2 fully saturated rings. The molecular weight excluding hydrogens is 341 g/mol. The number of nitrogens with one attached hydrogen (secondary N) is 1. The van der Waals surface area contributed by atoms with Gasteiger partial charge in [-0.15, -0.1) is 24.0 Å². The maximum Gasteiger partial charge on any atom is 0.193 e. The number of halogens is 1. The second kappa shape index (κ2) is 6.93. The van der Waals surface area contributed by atoms with Crippen molar-refractivity contribution in [2.24, 2.45) is 16.3 Å². The minimum absolute atomic E-state index is 0. The van der Waals surface area contributed by atoms with Gasteiger partial charge in [-0.25, -0.2) is 0 Å². The minimum atomic E-state index is 0. The number of hydrogen-bond donors (Lipinski definition) is 1.